The number of nitrogens with one attached hydrogen (secondary N) is 1. The van der Waals surface area contributed by atoms with Crippen molar-refractivity contribution in [2.45, 2.75) is 52.4 Å². The summed E-state index contributed by atoms with van der Waals surface area (Å²) in [5.41, 5.74) is 0.322. The van der Waals surface area contributed by atoms with E-state index in [0.717, 1.165) is 32.6 Å². The molecule has 2 atom stereocenters. The SMILES string of the molecule is CCOCCC1(CNC(=O)[C@@H]2C[C@@H]2C)CCCC1. The van der Waals surface area contributed by atoms with E-state index in [1.165, 1.54) is 25.7 Å². The molecule has 2 aliphatic rings. The van der Waals surface area contributed by atoms with E-state index in [0.29, 0.717) is 17.3 Å². The lowest BCUT2D eigenvalue weighted by molar-refractivity contribution is -0.123. The van der Waals surface area contributed by atoms with Crippen LogP contribution >= 0.6 is 0 Å². The summed E-state index contributed by atoms with van der Waals surface area (Å²) in [5, 5.41) is 3.19. The van der Waals surface area contributed by atoms with Gasteiger partial charge in [0.15, 0.2) is 0 Å². The quantitative estimate of drug-likeness (QED) is 0.708. The maximum absolute atomic E-state index is 11.9. The van der Waals surface area contributed by atoms with Gasteiger partial charge in [-0.25, -0.2) is 0 Å². The van der Waals surface area contributed by atoms with Crippen LogP contribution in [0.4, 0.5) is 0 Å². The van der Waals surface area contributed by atoms with Crippen molar-refractivity contribution in [3.8, 4) is 0 Å². The first-order valence-electron chi connectivity index (χ1n) is 7.52. The molecule has 0 heterocycles. The summed E-state index contributed by atoms with van der Waals surface area (Å²) in [6.45, 7) is 6.69. The smallest absolute Gasteiger partial charge is 0.223 e. The number of hydrogen-bond acceptors (Lipinski definition) is 2. The molecule has 0 radical (unpaired) electrons. The zero-order valence-electron chi connectivity index (χ0n) is 11.8. The first-order valence-corrected chi connectivity index (χ1v) is 7.52. The van der Waals surface area contributed by atoms with Crippen LogP contribution in [-0.2, 0) is 9.53 Å². The Labute approximate surface area is 111 Å². The highest BCUT2D eigenvalue weighted by molar-refractivity contribution is 5.81. The Bertz CT molecular complexity index is 284. The summed E-state index contributed by atoms with van der Waals surface area (Å²) in [4.78, 5) is 11.9. The highest BCUT2D eigenvalue weighted by Crippen LogP contribution is 2.41. The minimum Gasteiger partial charge on any atom is -0.382 e. The van der Waals surface area contributed by atoms with Crippen molar-refractivity contribution in [2.75, 3.05) is 19.8 Å². The number of carbonyl (C=O) groups is 1. The standard InChI is InChI=1S/C15H27NO2/c1-3-18-9-8-15(6-4-5-7-15)11-16-14(17)13-10-12(13)2/h12-13H,3-11H2,1-2H3,(H,16,17)/t12-,13+/m0/s1. The number of ether oxygens (including phenoxy) is 1. The van der Waals surface area contributed by atoms with Crippen molar-refractivity contribution >= 4 is 5.91 Å². The van der Waals surface area contributed by atoms with Gasteiger partial charge in [0.2, 0.25) is 5.91 Å². The molecular weight excluding hydrogens is 226 g/mol. The van der Waals surface area contributed by atoms with E-state index in [9.17, 15) is 4.79 Å². The molecule has 18 heavy (non-hydrogen) atoms. The summed E-state index contributed by atoms with van der Waals surface area (Å²) in [6, 6.07) is 0. The minimum absolute atomic E-state index is 0.283. The van der Waals surface area contributed by atoms with Gasteiger partial charge in [0.1, 0.15) is 0 Å². The Kier molecular flexibility index (Phi) is 4.66. The zero-order valence-corrected chi connectivity index (χ0v) is 11.8. The molecule has 1 N–H and O–H groups in total. The van der Waals surface area contributed by atoms with Gasteiger partial charge in [-0.3, -0.25) is 4.79 Å². The van der Waals surface area contributed by atoms with E-state index in [-0.39, 0.29) is 5.91 Å². The monoisotopic (exact) mass is 253 g/mol. The van der Waals surface area contributed by atoms with E-state index in [1.807, 2.05) is 6.92 Å². The first kappa shape index (κ1) is 13.9. The van der Waals surface area contributed by atoms with Gasteiger partial charge < -0.3 is 10.1 Å². The van der Waals surface area contributed by atoms with Crippen molar-refractivity contribution in [3.05, 3.63) is 0 Å². The summed E-state index contributed by atoms with van der Waals surface area (Å²) in [5.74, 6) is 1.19. The number of hydrogen-bond donors (Lipinski definition) is 1. The van der Waals surface area contributed by atoms with Crippen LogP contribution in [0.5, 0.6) is 0 Å². The molecule has 2 aliphatic carbocycles. The Morgan fingerprint density at radius 2 is 2.06 bits per heavy atom. The third-order valence-electron chi connectivity index (χ3n) is 4.73. The Hall–Kier alpha value is -0.570. The van der Waals surface area contributed by atoms with Crippen LogP contribution in [0, 0.1) is 17.3 Å². The van der Waals surface area contributed by atoms with Gasteiger partial charge in [-0.15, -0.1) is 0 Å². The zero-order chi connectivity index (χ0) is 13.0. The van der Waals surface area contributed by atoms with Crippen molar-refractivity contribution in [1.82, 2.24) is 5.32 Å². The fourth-order valence-corrected chi connectivity index (χ4v) is 3.17. The number of rotatable bonds is 7. The van der Waals surface area contributed by atoms with Gasteiger partial charge in [-0.2, -0.15) is 0 Å². The highest BCUT2D eigenvalue weighted by atomic mass is 16.5. The molecule has 0 aromatic rings. The maximum atomic E-state index is 11.9. The van der Waals surface area contributed by atoms with Gasteiger partial charge in [0, 0.05) is 25.7 Å². The van der Waals surface area contributed by atoms with E-state index in [2.05, 4.69) is 12.2 Å². The Morgan fingerprint density at radius 3 is 2.61 bits per heavy atom. The molecule has 1 amide bonds. The molecule has 2 saturated carbocycles. The van der Waals surface area contributed by atoms with E-state index >= 15 is 0 Å². The van der Waals surface area contributed by atoms with Crippen molar-refractivity contribution in [1.29, 1.82) is 0 Å². The van der Waals surface area contributed by atoms with E-state index < -0.39 is 0 Å². The average Bonchev–Trinajstić information content (AvgIpc) is 2.91. The predicted molar refractivity (Wildman–Crippen MR) is 72.3 cm³/mol. The van der Waals surface area contributed by atoms with Gasteiger partial charge in [-0.1, -0.05) is 19.8 Å². The second-order valence-electron chi connectivity index (χ2n) is 6.19. The summed E-state index contributed by atoms with van der Waals surface area (Å²) >= 11 is 0. The van der Waals surface area contributed by atoms with Gasteiger partial charge in [0.05, 0.1) is 0 Å². The van der Waals surface area contributed by atoms with Crippen LogP contribution in [0.2, 0.25) is 0 Å². The predicted octanol–water partition coefficient (Wildman–Crippen LogP) is 2.75. The second kappa shape index (κ2) is 6.05. The molecule has 2 rings (SSSR count). The number of carbonyl (C=O) groups excluding carboxylic acids is 1. The fraction of sp³-hybridized carbons (Fsp3) is 0.933. The van der Waals surface area contributed by atoms with Crippen LogP contribution < -0.4 is 5.32 Å². The summed E-state index contributed by atoms with van der Waals surface area (Å²) in [6.07, 6.45) is 7.30. The normalized spacial score (nSPS) is 29.2. The van der Waals surface area contributed by atoms with Gasteiger partial charge in [0.25, 0.3) is 0 Å². The molecular formula is C15H27NO2. The molecule has 0 aromatic carbocycles. The molecule has 0 saturated heterocycles. The molecule has 0 aliphatic heterocycles. The molecule has 0 aromatic heterocycles. The fourth-order valence-electron chi connectivity index (χ4n) is 3.17. The van der Waals surface area contributed by atoms with Crippen LogP contribution in [-0.4, -0.2) is 25.7 Å². The molecule has 0 unspecified atom stereocenters. The molecule has 2 fully saturated rings. The lowest BCUT2D eigenvalue weighted by Crippen LogP contribution is -2.37. The summed E-state index contributed by atoms with van der Waals surface area (Å²) in [7, 11) is 0. The first-order chi connectivity index (χ1) is 8.67. The van der Waals surface area contributed by atoms with Crippen molar-refractivity contribution in [2.24, 2.45) is 17.3 Å². The maximum Gasteiger partial charge on any atom is 0.223 e. The van der Waals surface area contributed by atoms with Crippen molar-refractivity contribution < 1.29 is 9.53 Å². The lowest BCUT2D eigenvalue weighted by Gasteiger charge is -2.29. The minimum atomic E-state index is 0.283. The molecule has 0 spiro atoms. The third-order valence-corrected chi connectivity index (χ3v) is 4.73. The number of amides is 1. The Balaban J connectivity index is 1.76. The molecule has 3 nitrogen and oxygen atoms in total. The van der Waals surface area contributed by atoms with E-state index in [4.69, 9.17) is 4.74 Å². The topological polar surface area (TPSA) is 38.3 Å². The highest BCUT2D eigenvalue weighted by Gasteiger charge is 2.40. The van der Waals surface area contributed by atoms with Gasteiger partial charge >= 0.3 is 0 Å². The molecule has 3 heteroatoms. The van der Waals surface area contributed by atoms with Gasteiger partial charge in [-0.05, 0) is 43.9 Å². The van der Waals surface area contributed by atoms with Crippen LogP contribution in [0.3, 0.4) is 0 Å². The van der Waals surface area contributed by atoms with Crippen LogP contribution in [0.25, 0.3) is 0 Å². The Morgan fingerprint density at radius 1 is 1.39 bits per heavy atom. The van der Waals surface area contributed by atoms with E-state index in [1.54, 1.807) is 0 Å². The van der Waals surface area contributed by atoms with Crippen LogP contribution in [0.1, 0.15) is 52.4 Å². The summed E-state index contributed by atoms with van der Waals surface area (Å²) < 4.78 is 5.49. The molecule has 0 bridgehead atoms. The second-order valence-corrected chi connectivity index (χ2v) is 6.19. The van der Waals surface area contributed by atoms with Crippen molar-refractivity contribution in [3.63, 3.8) is 0 Å². The largest absolute Gasteiger partial charge is 0.382 e. The lowest BCUT2D eigenvalue weighted by atomic mass is 9.83. The van der Waals surface area contributed by atoms with Crippen LogP contribution in [0.15, 0.2) is 0 Å². The average molecular weight is 253 g/mol. The third kappa shape index (κ3) is 3.47. The molecule has 104 valence electrons.